The molecule has 1 N–H and O–H groups in total. The molecule has 0 aliphatic heterocycles. The summed E-state index contributed by atoms with van der Waals surface area (Å²) in [6, 6.07) is 0.762. The van der Waals surface area contributed by atoms with E-state index in [0.29, 0.717) is 6.54 Å². The summed E-state index contributed by atoms with van der Waals surface area (Å²) in [4.78, 5) is 13.6. The van der Waals surface area contributed by atoms with Gasteiger partial charge < -0.3 is 10.1 Å². The molecule has 88 valence electrons. The van der Waals surface area contributed by atoms with Gasteiger partial charge in [0.05, 0.1) is 6.10 Å². The van der Waals surface area contributed by atoms with Crippen LogP contribution in [0.2, 0.25) is 0 Å². The predicted octanol–water partition coefficient (Wildman–Crippen LogP) is 1.61. The molecule has 0 radical (unpaired) electrons. The summed E-state index contributed by atoms with van der Waals surface area (Å²) in [5, 5.41) is 2.76. The van der Waals surface area contributed by atoms with Crippen molar-refractivity contribution in [1.29, 1.82) is 0 Å². The van der Waals surface area contributed by atoms with Crippen LogP contribution in [0.3, 0.4) is 0 Å². The Morgan fingerprint density at radius 1 is 1.53 bits per heavy atom. The van der Waals surface area contributed by atoms with Crippen LogP contribution in [0.1, 0.15) is 33.6 Å². The highest BCUT2D eigenvalue weighted by atomic mass is 16.6. The quantitative estimate of drug-likeness (QED) is 0.730. The summed E-state index contributed by atoms with van der Waals surface area (Å²) in [6.45, 7) is 8.52. The maximum atomic E-state index is 11.2. The van der Waals surface area contributed by atoms with Gasteiger partial charge in [0, 0.05) is 19.1 Å². The summed E-state index contributed by atoms with van der Waals surface area (Å²) in [6.07, 6.45) is 2.27. The molecule has 1 rings (SSSR count). The van der Waals surface area contributed by atoms with Crippen molar-refractivity contribution in [1.82, 2.24) is 10.2 Å². The average molecular weight is 214 g/mol. The second kappa shape index (κ2) is 5.95. The molecule has 1 aliphatic rings. The number of carbonyl (C=O) groups is 1. The van der Waals surface area contributed by atoms with Crippen LogP contribution in [0.25, 0.3) is 0 Å². The minimum absolute atomic E-state index is 0.0456. The van der Waals surface area contributed by atoms with Crippen LogP contribution >= 0.6 is 0 Å². The zero-order chi connectivity index (χ0) is 11.3. The van der Waals surface area contributed by atoms with E-state index in [1.54, 1.807) is 0 Å². The number of likely N-dealkylation sites (N-methyl/N-ethyl adjacent to an activating group) is 1. The number of amides is 1. The van der Waals surface area contributed by atoms with Gasteiger partial charge in [0.1, 0.15) is 0 Å². The minimum Gasteiger partial charge on any atom is -0.447 e. The summed E-state index contributed by atoms with van der Waals surface area (Å²) in [5.41, 5.74) is 0. The second-order valence-corrected chi connectivity index (χ2v) is 4.24. The van der Waals surface area contributed by atoms with E-state index in [1.807, 2.05) is 13.8 Å². The molecule has 0 bridgehead atoms. The van der Waals surface area contributed by atoms with Crippen molar-refractivity contribution < 1.29 is 9.53 Å². The SMILES string of the molecule is CCN(CCNC(=O)OC(C)C)C1CC1. The Morgan fingerprint density at radius 3 is 2.67 bits per heavy atom. The Labute approximate surface area is 92.0 Å². The number of hydrogen-bond donors (Lipinski definition) is 1. The molecule has 0 aromatic heterocycles. The van der Waals surface area contributed by atoms with Gasteiger partial charge in [-0.2, -0.15) is 0 Å². The molecule has 15 heavy (non-hydrogen) atoms. The maximum absolute atomic E-state index is 11.2. The van der Waals surface area contributed by atoms with Gasteiger partial charge in [-0.3, -0.25) is 4.90 Å². The fourth-order valence-electron chi connectivity index (χ4n) is 1.60. The first-order valence-corrected chi connectivity index (χ1v) is 5.82. The third-order valence-corrected chi connectivity index (χ3v) is 2.48. The lowest BCUT2D eigenvalue weighted by Gasteiger charge is -2.19. The highest BCUT2D eigenvalue weighted by molar-refractivity contribution is 5.67. The highest BCUT2D eigenvalue weighted by Gasteiger charge is 2.27. The van der Waals surface area contributed by atoms with E-state index in [1.165, 1.54) is 12.8 Å². The van der Waals surface area contributed by atoms with E-state index in [4.69, 9.17) is 4.74 Å². The summed E-state index contributed by atoms with van der Waals surface area (Å²) in [5.74, 6) is 0. The van der Waals surface area contributed by atoms with E-state index in [0.717, 1.165) is 19.1 Å². The van der Waals surface area contributed by atoms with Crippen LogP contribution in [0.5, 0.6) is 0 Å². The molecule has 1 saturated carbocycles. The molecule has 4 heteroatoms. The van der Waals surface area contributed by atoms with Crippen molar-refractivity contribution in [3.63, 3.8) is 0 Å². The number of rotatable bonds is 6. The van der Waals surface area contributed by atoms with Crippen molar-refractivity contribution in [2.75, 3.05) is 19.6 Å². The van der Waals surface area contributed by atoms with Crippen molar-refractivity contribution >= 4 is 6.09 Å². The molecule has 0 atom stereocenters. The Morgan fingerprint density at radius 2 is 2.20 bits per heavy atom. The molecular weight excluding hydrogens is 192 g/mol. The molecule has 0 aromatic rings. The van der Waals surface area contributed by atoms with Gasteiger partial charge in [-0.05, 0) is 33.2 Å². The first-order valence-electron chi connectivity index (χ1n) is 5.82. The molecule has 0 aromatic carbocycles. The third-order valence-electron chi connectivity index (χ3n) is 2.48. The number of ether oxygens (including phenoxy) is 1. The number of carbonyl (C=O) groups excluding carboxylic acids is 1. The van der Waals surface area contributed by atoms with Crippen molar-refractivity contribution in [2.24, 2.45) is 0 Å². The average Bonchev–Trinajstić information content (AvgIpc) is 2.94. The molecule has 0 unspecified atom stereocenters. The Kier molecular flexibility index (Phi) is 4.88. The first kappa shape index (κ1) is 12.3. The van der Waals surface area contributed by atoms with E-state index >= 15 is 0 Å². The Bertz CT molecular complexity index is 203. The minimum atomic E-state index is -0.308. The predicted molar refractivity (Wildman–Crippen MR) is 59.9 cm³/mol. The smallest absolute Gasteiger partial charge is 0.407 e. The molecule has 0 saturated heterocycles. The van der Waals surface area contributed by atoms with Crippen LogP contribution in [0, 0.1) is 0 Å². The van der Waals surface area contributed by atoms with E-state index < -0.39 is 0 Å². The van der Waals surface area contributed by atoms with Gasteiger partial charge in [-0.15, -0.1) is 0 Å². The van der Waals surface area contributed by atoms with Crippen LogP contribution in [0.15, 0.2) is 0 Å². The molecule has 1 aliphatic carbocycles. The highest BCUT2D eigenvalue weighted by Crippen LogP contribution is 2.25. The number of nitrogens with one attached hydrogen (secondary N) is 1. The maximum Gasteiger partial charge on any atom is 0.407 e. The van der Waals surface area contributed by atoms with Crippen molar-refractivity contribution in [2.45, 2.75) is 45.8 Å². The van der Waals surface area contributed by atoms with E-state index in [9.17, 15) is 4.79 Å². The largest absolute Gasteiger partial charge is 0.447 e. The zero-order valence-corrected chi connectivity index (χ0v) is 9.95. The summed E-state index contributed by atoms with van der Waals surface area (Å²) >= 11 is 0. The van der Waals surface area contributed by atoms with Crippen molar-refractivity contribution in [3.05, 3.63) is 0 Å². The lowest BCUT2D eigenvalue weighted by atomic mass is 10.4. The normalized spacial score (nSPS) is 15.8. The first-order chi connectivity index (χ1) is 7.13. The van der Waals surface area contributed by atoms with E-state index in [-0.39, 0.29) is 12.2 Å². The van der Waals surface area contributed by atoms with Gasteiger partial charge in [0.15, 0.2) is 0 Å². The third kappa shape index (κ3) is 5.02. The second-order valence-electron chi connectivity index (χ2n) is 4.24. The van der Waals surface area contributed by atoms with Crippen LogP contribution in [0.4, 0.5) is 4.79 Å². The molecule has 1 amide bonds. The van der Waals surface area contributed by atoms with Crippen LogP contribution < -0.4 is 5.32 Å². The molecular formula is C11H22N2O2. The van der Waals surface area contributed by atoms with Crippen LogP contribution in [-0.4, -0.2) is 42.8 Å². The molecule has 4 nitrogen and oxygen atoms in total. The number of nitrogens with zero attached hydrogens (tertiary/aromatic N) is 1. The molecule has 0 heterocycles. The lowest BCUT2D eigenvalue weighted by molar-refractivity contribution is 0.114. The van der Waals surface area contributed by atoms with Gasteiger partial charge in [0.2, 0.25) is 0 Å². The number of hydrogen-bond acceptors (Lipinski definition) is 3. The topological polar surface area (TPSA) is 41.6 Å². The molecule has 0 spiro atoms. The monoisotopic (exact) mass is 214 g/mol. The van der Waals surface area contributed by atoms with Gasteiger partial charge >= 0.3 is 6.09 Å². The van der Waals surface area contributed by atoms with Gasteiger partial charge in [0.25, 0.3) is 0 Å². The van der Waals surface area contributed by atoms with Crippen LogP contribution in [-0.2, 0) is 4.74 Å². The summed E-state index contributed by atoms with van der Waals surface area (Å²) < 4.78 is 4.97. The standard InChI is InChI=1S/C11H22N2O2/c1-4-13(10-5-6-10)8-7-12-11(14)15-9(2)3/h9-10H,4-8H2,1-3H3,(H,12,14). The molecule has 1 fully saturated rings. The zero-order valence-electron chi connectivity index (χ0n) is 9.95. The fraction of sp³-hybridized carbons (Fsp3) is 0.909. The van der Waals surface area contributed by atoms with Crippen molar-refractivity contribution in [3.8, 4) is 0 Å². The Hall–Kier alpha value is -0.770. The fourth-order valence-corrected chi connectivity index (χ4v) is 1.60. The summed E-state index contributed by atoms with van der Waals surface area (Å²) in [7, 11) is 0. The number of alkyl carbamates (subject to hydrolysis) is 1. The lowest BCUT2D eigenvalue weighted by Crippen LogP contribution is -2.36. The van der Waals surface area contributed by atoms with Gasteiger partial charge in [-0.1, -0.05) is 6.92 Å². The Balaban J connectivity index is 2.06. The van der Waals surface area contributed by atoms with Gasteiger partial charge in [-0.25, -0.2) is 4.79 Å². The van der Waals surface area contributed by atoms with E-state index in [2.05, 4.69) is 17.1 Å².